The molecule has 0 bridgehead atoms. The minimum Gasteiger partial charge on any atom is -0.497 e. The van der Waals surface area contributed by atoms with E-state index in [1.54, 1.807) is 19.2 Å². The first-order chi connectivity index (χ1) is 14.7. The number of fused-ring (bicyclic) bond motifs is 1. The zero-order chi connectivity index (χ0) is 20.8. The van der Waals surface area contributed by atoms with Crippen molar-refractivity contribution in [2.75, 3.05) is 13.7 Å². The number of aryl methyl sites for hydroxylation is 2. The van der Waals surface area contributed by atoms with Crippen molar-refractivity contribution in [2.45, 2.75) is 19.4 Å². The third-order valence-corrected chi connectivity index (χ3v) is 5.17. The predicted molar refractivity (Wildman–Crippen MR) is 119 cm³/mol. The smallest absolute Gasteiger partial charge is 0.251 e. The Morgan fingerprint density at radius 3 is 2.60 bits per heavy atom. The average Bonchev–Trinajstić information content (AvgIpc) is 3.15. The van der Waals surface area contributed by atoms with Gasteiger partial charge in [-0.25, -0.2) is 4.98 Å². The molecule has 4 rings (SSSR count). The highest BCUT2D eigenvalue weighted by Crippen LogP contribution is 2.18. The third-order valence-electron chi connectivity index (χ3n) is 5.17. The molecular formula is C25H25N3O2. The Morgan fingerprint density at radius 1 is 0.967 bits per heavy atom. The zero-order valence-corrected chi connectivity index (χ0v) is 17.0. The van der Waals surface area contributed by atoms with E-state index in [2.05, 4.69) is 40.2 Å². The molecule has 0 unspecified atom stereocenters. The fraction of sp³-hybridized carbons (Fsp3) is 0.200. The molecule has 0 atom stereocenters. The number of carbonyl (C=O) groups excluding carboxylic acids is 1. The maximum atomic E-state index is 12.5. The number of hydrogen-bond acceptors (Lipinski definition) is 3. The van der Waals surface area contributed by atoms with Crippen molar-refractivity contribution in [3.8, 4) is 5.75 Å². The average molecular weight is 399 g/mol. The highest BCUT2D eigenvalue weighted by Gasteiger charge is 2.12. The molecule has 0 saturated heterocycles. The summed E-state index contributed by atoms with van der Waals surface area (Å²) >= 11 is 0. The van der Waals surface area contributed by atoms with Crippen LogP contribution in [0.25, 0.3) is 11.0 Å². The molecule has 0 aliphatic carbocycles. The molecule has 3 aromatic carbocycles. The summed E-state index contributed by atoms with van der Waals surface area (Å²) in [6, 6.07) is 25.8. The summed E-state index contributed by atoms with van der Waals surface area (Å²) in [4.78, 5) is 17.3. The van der Waals surface area contributed by atoms with Crippen LogP contribution in [-0.4, -0.2) is 29.1 Å². The number of aromatic nitrogens is 2. The van der Waals surface area contributed by atoms with E-state index < -0.39 is 0 Å². The Labute approximate surface area is 176 Å². The van der Waals surface area contributed by atoms with Gasteiger partial charge in [-0.2, -0.15) is 0 Å². The molecule has 5 nitrogen and oxygen atoms in total. The first kappa shape index (κ1) is 19.7. The van der Waals surface area contributed by atoms with Gasteiger partial charge >= 0.3 is 0 Å². The summed E-state index contributed by atoms with van der Waals surface area (Å²) in [5.74, 6) is 1.55. The molecule has 4 aromatic rings. The van der Waals surface area contributed by atoms with Crippen LogP contribution in [0.15, 0.2) is 78.9 Å². The molecule has 1 N–H and O–H groups in total. The number of nitrogens with one attached hydrogen (secondary N) is 1. The summed E-state index contributed by atoms with van der Waals surface area (Å²) in [5.41, 5.74) is 4.00. The van der Waals surface area contributed by atoms with Crippen LogP contribution < -0.4 is 10.1 Å². The number of nitrogens with zero attached hydrogens (tertiary/aromatic N) is 2. The van der Waals surface area contributed by atoms with Crippen LogP contribution in [0.4, 0.5) is 0 Å². The molecule has 1 heterocycles. The Hall–Kier alpha value is -3.60. The quantitative estimate of drug-likeness (QED) is 0.482. The lowest BCUT2D eigenvalue weighted by molar-refractivity contribution is 0.0953. The number of amides is 1. The summed E-state index contributed by atoms with van der Waals surface area (Å²) in [7, 11) is 1.59. The van der Waals surface area contributed by atoms with Gasteiger partial charge in [0.25, 0.3) is 5.91 Å². The molecule has 1 aromatic heterocycles. The second kappa shape index (κ2) is 9.27. The summed E-state index contributed by atoms with van der Waals surface area (Å²) < 4.78 is 7.46. The number of hydrogen-bond donors (Lipinski definition) is 1. The fourth-order valence-electron chi connectivity index (χ4n) is 3.61. The second-order valence-corrected chi connectivity index (χ2v) is 7.14. The van der Waals surface area contributed by atoms with E-state index >= 15 is 0 Å². The van der Waals surface area contributed by atoms with Gasteiger partial charge in [-0.15, -0.1) is 0 Å². The van der Waals surface area contributed by atoms with Crippen LogP contribution in [0.5, 0.6) is 5.75 Å². The van der Waals surface area contributed by atoms with Gasteiger partial charge in [0.15, 0.2) is 0 Å². The van der Waals surface area contributed by atoms with Gasteiger partial charge in [0.1, 0.15) is 11.6 Å². The van der Waals surface area contributed by atoms with Gasteiger partial charge in [-0.05, 0) is 42.3 Å². The van der Waals surface area contributed by atoms with Gasteiger partial charge < -0.3 is 14.6 Å². The maximum Gasteiger partial charge on any atom is 0.251 e. The van der Waals surface area contributed by atoms with Crippen LogP contribution in [0.3, 0.4) is 0 Å². The van der Waals surface area contributed by atoms with Crippen molar-refractivity contribution in [1.29, 1.82) is 0 Å². The second-order valence-electron chi connectivity index (χ2n) is 7.14. The molecule has 1 amide bonds. The van der Waals surface area contributed by atoms with Gasteiger partial charge in [-0.3, -0.25) is 4.79 Å². The van der Waals surface area contributed by atoms with Crippen LogP contribution in [-0.2, 0) is 19.4 Å². The molecule has 0 saturated carbocycles. The largest absolute Gasteiger partial charge is 0.497 e. The number of imidazole rings is 1. The summed E-state index contributed by atoms with van der Waals surface area (Å²) in [5, 5.41) is 3.00. The summed E-state index contributed by atoms with van der Waals surface area (Å²) in [6.45, 7) is 1.37. The molecule has 30 heavy (non-hydrogen) atoms. The minimum atomic E-state index is -0.110. The number of methoxy groups -OCH3 is 1. The molecule has 5 heteroatoms. The lowest BCUT2D eigenvalue weighted by atomic mass is 10.1. The van der Waals surface area contributed by atoms with E-state index in [1.807, 2.05) is 36.4 Å². The number of benzene rings is 3. The van der Waals surface area contributed by atoms with Crippen LogP contribution in [0.1, 0.15) is 21.7 Å². The Kier molecular flexibility index (Phi) is 6.09. The van der Waals surface area contributed by atoms with Crippen LogP contribution in [0, 0.1) is 0 Å². The van der Waals surface area contributed by atoms with E-state index in [1.165, 1.54) is 5.56 Å². The van der Waals surface area contributed by atoms with Crippen molar-refractivity contribution in [1.82, 2.24) is 14.9 Å². The van der Waals surface area contributed by atoms with Gasteiger partial charge in [-0.1, -0.05) is 48.5 Å². The van der Waals surface area contributed by atoms with Gasteiger partial charge in [0, 0.05) is 25.1 Å². The lowest BCUT2D eigenvalue weighted by Crippen LogP contribution is -2.26. The number of carbonyl (C=O) groups is 1. The highest BCUT2D eigenvalue weighted by molar-refractivity contribution is 5.94. The van der Waals surface area contributed by atoms with E-state index in [0.717, 1.165) is 29.8 Å². The fourth-order valence-corrected chi connectivity index (χ4v) is 3.61. The van der Waals surface area contributed by atoms with E-state index in [-0.39, 0.29) is 5.91 Å². The topological polar surface area (TPSA) is 56.1 Å². The number of ether oxygens (including phenoxy) is 1. The van der Waals surface area contributed by atoms with Gasteiger partial charge in [0.2, 0.25) is 0 Å². The van der Waals surface area contributed by atoms with Crippen molar-refractivity contribution in [3.63, 3.8) is 0 Å². The van der Waals surface area contributed by atoms with Crippen molar-refractivity contribution in [2.24, 2.45) is 0 Å². The molecule has 0 aliphatic heterocycles. The minimum absolute atomic E-state index is 0.110. The SMILES string of the molecule is COc1cccc(C(=O)NCCc2nc3ccccc3n2CCc2ccccc2)c1. The van der Waals surface area contributed by atoms with Crippen molar-refractivity contribution in [3.05, 3.63) is 95.8 Å². The standard InChI is InChI=1S/C25H25N3O2/c1-30-21-11-7-10-20(18-21)25(29)26-16-14-24-27-22-12-5-6-13-23(22)28(24)17-15-19-8-3-2-4-9-19/h2-13,18H,14-17H2,1H3,(H,26,29). The van der Waals surface area contributed by atoms with E-state index in [0.29, 0.717) is 24.3 Å². The van der Waals surface area contributed by atoms with Gasteiger partial charge in [0.05, 0.1) is 18.1 Å². The monoisotopic (exact) mass is 399 g/mol. The first-order valence-electron chi connectivity index (χ1n) is 10.1. The van der Waals surface area contributed by atoms with E-state index in [9.17, 15) is 4.79 Å². The number of rotatable bonds is 8. The Morgan fingerprint density at radius 2 is 1.77 bits per heavy atom. The Bertz CT molecular complexity index is 1140. The first-order valence-corrected chi connectivity index (χ1v) is 10.1. The molecule has 0 spiro atoms. The molecular weight excluding hydrogens is 374 g/mol. The van der Waals surface area contributed by atoms with Crippen LogP contribution in [0.2, 0.25) is 0 Å². The molecule has 0 fully saturated rings. The zero-order valence-electron chi connectivity index (χ0n) is 17.0. The molecule has 0 radical (unpaired) electrons. The van der Waals surface area contributed by atoms with Crippen molar-refractivity contribution < 1.29 is 9.53 Å². The predicted octanol–water partition coefficient (Wildman–Crippen LogP) is 4.26. The normalized spacial score (nSPS) is 10.8. The lowest BCUT2D eigenvalue weighted by Gasteiger charge is -2.10. The number of para-hydroxylation sites is 2. The summed E-state index contributed by atoms with van der Waals surface area (Å²) in [6.07, 6.45) is 1.60. The Balaban J connectivity index is 1.46. The van der Waals surface area contributed by atoms with Crippen molar-refractivity contribution >= 4 is 16.9 Å². The maximum absolute atomic E-state index is 12.5. The third kappa shape index (κ3) is 4.51. The van der Waals surface area contributed by atoms with E-state index in [4.69, 9.17) is 9.72 Å². The molecule has 0 aliphatic rings. The van der Waals surface area contributed by atoms with Crippen LogP contribution >= 0.6 is 0 Å². The highest BCUT2D eigenvalue weighted by atomic mass is 16.5. The molecule has 152 valence electrons.